The molecule has 1 aliphatic rings. The predicted molar refractivity (Wildman–Crippen MR) is 111 cm³/mol. The number of carbonyl (C=O) groups is 1. The molecule has 0 bridgehead atoms. The van der Waals surface area contributed by atoms with Crippen molar-refractivity contribution in [1.82, 2.24) is 20.1 Å². The van der Waals surface area contributed by atoms with E-state index in [0.717, 1.165) is 42.8 Å². The van der Waals surface area contributed by atoms with Gasteiger partial charge < -0.3 is 14.7 Å². The predicted octanol–water partition coefficient (Wildman–Crippen LogP) is 3.70. The van der Waals surface area contributed by atoms with Gasteiger partial charge in [0, 0.05) is 31.8 Å². The Bertz CT molecular complexity index is 994. The van der Waals surface area contributed by atoms with Gasteiger partial charge in [-0.15, -0.1) is 0 Å². The summed E-state index contributed by atoms with van der Waals surface area (Å²) in [5.74, 6) is 2.71. The minimum absolute atomic E-state index is 0.0846. The van der Waals surface area contributed by atoms with Gasteiger partial charge in [-0.3, -0.25) is 4.79 Å². The van der Waals surface area contributed by atoms with E-state index in [-0.39, 0.29) is 11.8 Å². The van der Waals surface area contributed by atoms with Crippen molar-refractivity contribution in [3.8, 4) is 0 Å². The highest BCUT2D eigenvalue weighted by molar-refractivity contribution is 5.94. The molecule has 152 valence electrons. The highest BCUT2D eigenvalue weighted by atomic mass is 16.5. The van der Waals surface area contributed by atoms with Crippen LogP contribution in [-0.4, -0.2) is 39.1 Å². The second kappa shape index (κ2) is 8.55. The third kappa shape index (κ3) is 4.52. The summed E-state index contributed by atoms with van der Waals surface area (Å²) in [7, 11) is 0. The van der Waals surface area contributed by atoms with Crippen LogP contribution in [0.15, 0.2) is 28.8 Å². The lowest BCUT2D eigenvalue weighted by Gasteiger charge is -2.20. The summed E-state index contributed by atoms with van der Waals surface area (Å²) < 4.78 is 5.24. The van der Waals surface area contributed by atoms with Gasteiger partial charge in [0.15, 0.2) is 17.5 Å². The molecule has 1 N–H and O–H groups in total. The van der Waals surface area contributed by atoms with Gasteiger partial charge in [-0.1, -0.05) is 31.1 Å². The molecule has 2 aromatic heterocycles. The highest BCUT2D eigenvalue weighted by Crippen LogP contribution is 2.28. The molecule has 0 radical (unpaired) electrons. The number of benzene rings is 1. The second-order valence-electron chi connectivity index (χ2n) is 7.68. The quantitative estimate of drug-likeness (QED) is 0.652. The summed E-state index contributed by atoms with van der Waals surface area (Å²) in [6.07, 6.45) is 3.82. The van der Waals surface area contributed by atoms with Crippen LogP contribution < -0.4 is 10.2 Å². The Morgan fingerprint density at radius 3 is 2.55 bits per heavy atom. The SMILES string of the molecule is CC(C)c1noc(CCCC(=O)Nc2nc3ccccc3nc2N2CCCC2)n1. The van der Waals surface area contributed by atoms with Crippen molar-refractivity contribution >= 4 is 28.6 Å². The first kappa shape index (κ1) is 19.3. The zero-order chi connectivity index (χ0) is 20.2. The molecule has 0 spiro atoms. The average molecular weight is 394 g/mol. The van der Waals surface area contributed by atoms with E-state index in [4.69, 9.17) is 9.51 Å². The zero-order valence-corrected chi connectivity index (χ0v) is 16.9. The number of aryl methyl sites for hydroxylation is 1. The van der Waals surface area contributed by atoms with Crippen LogP contribution in [0.2, 0.25) is 0 Å². The Balaban J connectivity index is 1.43. The number of hydrogen-bond donors (Lipinski definition) is 1. The topological polar surface area (TPSA) is 97.0 Å². The molecule has 0 aliphatic carbocycles. The molecular formula is C21H26N6O2. The number of rotatable bonds is 7. The summed E-state index contributed by atoms with van der Waals surface area (Å²) in [5.41, 5.74) is 1.61. The van der Waals surface area contributed by atoms with Crippen LogP contribution in [0, 0.1) is 0 Å². The van der Waals surface area contributed by atoms with Crippen molar-refractivity contribution in [3.63, 3.8) is 0 Å². The largest absolute Gasteiger partial charge is 0.354 e. The molecule has 3 heterocycles. The van der Waals surface area contributed by atoms with Gasteiger partial charge in [-0.05, 0) is 31.4 Å². The minimum atomic E-state index is -0.0846. The van der Waals surface area contributed by atoms with Crippen LogP contribution in [-0.2, 0) is 11.2 Å². The monoisotopic (exact) mass is 394 g/mol. The molecule has 1 aliphatic heterocycles. The molecule has 8 nitrogen and oxygen atoms in total. The molecule has 3 aromatic rings. The summed E-state index contributed by atoms with van der Waals surface area (Å²) in [6.45, 7) is 5.91. The maximum Gasteiger partial charge on any atom is 0.226 e. The fraction of sp³-hybridized carbons (Fsp3) is 0.476. The lowest BCUT2D eigenvalue weighted by molar-refractivity contribution is -0.116. The molecule has 1 saturated heterocycles. The molecular weight excluding hydrogens is 368 g/mol. The van der Waals surface area contributed by atoms with Crippen LogP contribution in [0.3, 0.4) is 0 Å². The van der Waals surface area contributed by atoms with Gasteiger partial charge in [0.2, 0.25) is 11.8 Å². The third-order valence-corrected chi connectivity index (χ3v) is 5.01. The number of fused-ring (bicyclic) bond motifs is 1. The molecule has 1 aromatic carbocycles. The maximum absolute atomic E-state index is 12.6. The van der Waals surface area contributed by atoms with E-state index in [9.17, 15) is 4.79 Å². The number of para-hydroxylation sites is 2. The minimum Gasteiger partial charge on any atom is -0.354 e. The molecule has 0 saturated carbocycles. The van der Waals surface area contributed by atoms with Gasteiger partial charge >= 0.3 is 0 Å². The molecule has 1 fully saturated rings. The smallest absolute Gasteiger partial charge is 0.226 e. The van der Waals surface area contributed by atoms with E-state index < -0.39 is 0 Å². The number of amides is 1. The third-order valence-electron chi connectivity index (χ3n) is 5.01. The van der Waals surface area contributed by atoms with Gasteiger partial charge in [0.1, 0.15) is 0 Å². The average Bonchev–Trinajstić information content (AvgIpc) is 3.40. The van der Waals surface area contributed by atoms with Crippen molar-refractivity contribution in [2.24, 2.45) is 0 Å². The molecule has 29 heavy (non-hydrogen) atoms. The maximum atomic E-state index is 12.6. The van der Waals surface area contributed by atoms with Crippen LogP contribution in [0.25, 0.3) is 11.0 Å². The van der Waals surface area contributed by atoms with E-state index in [1.807, 2.05) is 38.1 Å². The van der Waals surface area contributed by atoms with E-state index in [2.05, 4.69) is 25.3 Å². The number of aromatic nitrogens is 4. The molecule has 0 atom stereocenters. The Kier molecular flexibility index (Phi) is 5.69. The van der Waals surface area contributed by atoms with Crippen LogP contribution in [0.5, 0.6) is 0 Å². The van der Waals surface area contributed by atoms with Crippen molar-refractivity contribution in [2.45, 2.75) is 51.9 Å². The summed E-state index contributed by atoms with van der Waals surface area (Å²) in [6, 6.07) is 7.73. The standard InChI is InChI=1S/C21H26N6O2/c1-14(2)19-25-18(29-26-19)11-7-10-17(28)24-20-21(27-12-5-6-13-27)23-16-9-4-3-8-15(16)22-20/h3-4,8-9,14H,5-7,10-13H2,1-2H3,(H,22,24,28). The fourth-order valence-electron chi connectivity index (χ4n) is 3.42. The summed E-state index contributed by atoms with van der Waals surface area (Å²) in [5, 5.41) is 6.92. The highest BCUT2D eigenvalue weighted by Gasteiger charge is 2.20. The molecule has 0 unspecified atom stereocenters. The normalized spacial score (nSPS) is 14.1. The number of anilines is 2. The van der Waals surface area contributed by atoms with Crippen LogP contribution >= 0.6 is 0 Å². The van der Waals surface area contributed by atoms with Gasteiger partial charge in [-0.2, -0.15) is 4.98 Å². The summed E-state index contributed by atoms with van der Waals surface area (Å²) >= 11 is 0. The van der Waals surface area contributed by atoms with Gasteiger partial charge in [0.05, 0.1) is 11.0 Å². The van der Waals surface area contributed by atoms with Crippen molar-refractivity contribution in [3.05, 3.63) is 36.0 Å². The van der Waals surface area contributed by atoms with E-state index in [0.29, 0.717) is 36.8 Å². The Hall–Kier alpha value is -3.03. The summed E-state index contributed by atoms with van der Waals surface area (Å²) in [4.78, 5) is 28.5. The van der Waals surface area contributed by atoms with Crippen molar-refractivity contribution in [2.75, 3.05) is 23.3 Å². The van der Waals surface area contributed by atoms with Crippen molar-refractivity contribution < 1.29 is 9.32 Å². The lowest BCUT2D eigenvalue weighted by atomic mass is 10.2. The molecule has 8 heteroatoms. The van der Waals surface area contributed by atoms with Crippen molar-refractivity contribution in [1.29, 1.82) is 0 Å². The molecule has 4 rings (SSSR count). The molecule has 1 amide bonds. The van der Waals surface area contributed by atoms with Crippen LogP contribution in [0.4, 0.5) is 11.6 Å². The number of hydrogen-bond acceptors (Lipinski definition) is 7. The number of carbonyl (C=O) groups excluding carboxylic acids is 1. The van der Waals surface area contributed by atoms with Gasteiger partial charge in [-0.25, -0.2) is 9.97 Å². The van der Waals surface area contributed by atoms with Gasteiger partial charge in [0.25, 0.3) is 0 Å². The van der Waals surface area contributed by atoms with E-state index >= 15 is 0 Å². The first-order valence-electron chi connectivity index (χ1n) is 10.2. The number of nitrogens with zero attached hydrogens (tertiary/aromatic N) is 5. The zero-order valence-electron chi connectivity index (χ0n) is 16.9. The Morgan fingerprint density at radius 1 is 1.14 bits per heavy atom. The first-order valence-corrected chi connectivity index (χ1v) is 10.2. The fourth-order valence-corrected chi connectivity index (χ4v) is 3.42. The number of nitrogens with one attached hydrogen (secondary N) is 1. The van der Waals surface area contributed by atoms with E-state index in [1.54, 1.807) is 0 Å². The van der Waals surface area contributed by atoms with E-state index in [1.165, 1.54) is 0 Å². The first-order chi connectivity index (χ1) is 14.1. The Morgan fingerprint density at radius 2 is 1.86 bits per heavy atom. The lowest BCUT2D eigenvalue weighted by Crippen LogP contribution is -2.23. The Labute approximate surface area is 169 Å². The van der Waals surface area contributed by atoms with Crippen LogP contribution in [0.1, 0.15) is 57.2 Å². The second-order valence-corrected chi connectivity index (χ2v) is 7.68.